The zero-order valence-corrected chi connectivity index (χ0v) is 6.03. The van der Waals surface area contributed by atoms with E-state index in [0.717, 1.165) is 10.9 Å². The van der Waals surface area contributed by atoms with Gasteiger partial charge in [0, 0.05) is 5.56 Å². The van der Waals surface area contributed by atoms with Crippen molar-refractivity contribution in [2.45, 2.75) is 6.92 Å². The van der Waals surface area contributed by atoms with Crippen molar-refractivity contribution in [1.82, 2.24) is 9.97 Å². The van der Waals surface area contributed by atoms with Gasteiger partial charge >= 0.3 is 0 Å². The molecule has 0 amide bonds. The van der Waals surface area contributed by atoms with Crippen LogP contribution in [0.2, 0.25) is 0 Å². The second kappa shape index (κ2) is 1.95. The van der Waals surface area contributed by atoms with Crippen LogP contribution in [0.4, 0.5) is 5.82 Å². The van der Waals surface area contributed by atoms with Gasteiger partial charge in [-0.3, -0.25) is 0 Å². The summed E-state index contributed by atoms with van der Waals surface area (Å²) < 4.78 is 5.10. The normalized spacial score (nSPS) is 10.6. The molecule has 0 saturated carbocycles. The standard InChI is InChI=1S/C7H7N3O/c1-4-2-11-7-5(4)6(8)9-3-10-7/h2-3H,1H3,(H2,8,9,10). The summed E-state index contributed by atoms with van der Waals surface area (Å²) in [6, 6.07) is 0. The van der Waals surface area contributed by atoms with Crippen molar-refractivity contribution >= 4 is 16.9 Å². The zero-order chi connectivity index (χ0) is 7.84. The number of fused-ring (bicyclic) bond motifs is 1. The Bertz CT molecular complexity index is 393. The molecule has 2 N–H and O–H groups in total. The molecule has 2 heterocycles. The molecule has 0 aromatic carbocycles. The van der Waals surface area contributed by atoms with Crippen LogP contribution in [-0.4, -0.2) is 9.97 Å². The minimum atomic E-state index is 0.473. The summed E-state index contributed by atoms with van der Waals surface area (Å²) in [5.74, 6) is 0.473. The van der Waals surface area contributed by atoms with Crippen molar-refractivity contribution in [3.05, 3.63) is 18.2 Å². The molecule has 4 heteroatoms. The molecule has 2 rings (SSSR count). The van der Waals surface area contributed by atoms with Crippen molar-refractivity contribution in [3.8, 4) is 0 Å². The molecule has 0 unspecified atom stereocenters. The third kappa shape index (κ3) is 0.756. The Balaban J connectivity index is 2.96. The highest BCUT2D eigenvalue weighted by Gasteiger charge is 2.05. The molecule has 11 heavy (non-hydrogen) atoms. The third-order valence-electron chi connectivity index (χ3n) is 1.58. The highest BCUT2D eigenvalue weighted by Crippen LogP contribution is 2.21. The molecular formula is C7H7N3O. The van der Waals surface area contributed by atoms with E-state index in [1.54, 1.807) is 6.26 Å². The molecule has 56 valence electrons. The topological polar surface area (TPSA) is 64.9 Å². The molecule has 0 saturated heterocycles. The molecule has 0 aliphatic rings. The van der Waals surface area contributed by atoms with Crippen LogP contribution in [0, 0.1) is 6.92 Å². The van der Waals surface area contributed by atoms with E-state index in [1.165, 1.54) is 6.33 Å². The summed E-state index contributed by atoms with van der Waals surface area (Å²) in [4.78, 5) is 7.75. The Morgan fingerprint density at radius 2 is 2.27 bits per heavy atom. The second-order valence-corrected chi connectivity index (χ2v) is 2.36. The van der Waals surface area contributed by atoms with Gasteiger partial charge in [0.05, 0.1) is 11.6 Å². The van der Waals surface area contributed by atoms with Crippen LogP contribution in [-0.2, 0) is 0 Å². The van der Waals surface area contributed by atoms with Crippen LogP contribution in [0.25, 0.3) is 11.1 Å². The van der Waals surface area contributed by atoms with E-state index >= 15 is 0 Å². The molecule has 4 nitrogen and oxygen atoms in total. The van der Waals surface area contributed by atoms with E-state index in [4.69, 9.17) is 10.2 Å². The lowest BCUT2D eigenvalue weighted by Crippen LogP contribution is -1.91. The first-order valence-corrected chi connectivity index (χ1v) is 3.23. The van der Waals surface area contributed by atoms with Crippen molar-refractivity contribution in [2.24, 2.45) is 0 Å². The number of nitrogens with zero attached hydrogens (tertiary/aromatic N) is 2. The number of aromatic nitrogens is 2. The Kier molecular flexibility index (Phi) is 1.09. The minimum absolute atomic E-state index is 0.473. The quantitative estimate of drug-likeness (QED) is 0.609. The van der Waals surface area contributed by atoms with Gasteiger partial charge in [-0.15, -0.1) is 0 Å². The third-order valence-corrected chi connectivity index (χ3v) is 1.58. The zero-order valence-electron chi connectivity index (χ0n) is 6.03. The summed E-state index contributed by atoms with van der Waals surface area (Å²) in [5, 5.41) is 0.813. The Hall–Kier alpha value is -1.58. The maximum absolute atomic E-state index is 5.59. The van der Waals surface area contributed by atoms with E-state index in [2.05, 4.69) is 9.97 Å². The SMILES string of the molecule is Cc1coc2ncnc(N)c12. The van der Waals surface area contributed by atoms with E-state index in [-0.39, 0.29) is 0 Å². The Labute approximate surface area is 63.1 Å². The fraction of sp³-hybridized carbons (Fsp3) is 0.143. The number of rotatable bonds is 0. The average Bonchev–Trinajstić information content (AvgIpc) is 2.34. The molecular weight excluding hydrogens is 142 g/mol. The van der Waals surface area contributed by atoms with Gasteiger partial charge in [-0.05, 0) is 6.92 Å². The highest BCUT2D eigenvalue weighted by atomic mass is 16.3. The monoisotopic (exact) mass is 149 g/mol. The smallest absolute Gasteiger partial charge is 0.231 e. The lowest BCUT2D eigenvalue weighted by Gasteiger charge is -1.91. The van der Waals surface area contributed by atoms with Crippen molar-refractivity contribution in [3.63, 3.8) is 0 Å². The number of hydrogen-bond acceptors (Lipinski definition) is 4. The van der Waals surface area contributed by atoms with Crippen LogP contribution >= 0.6 is 0 Å². The first-order valence-electron chi connectivity index (χ1n) is 3.23. The van der Waals surface area contributed by atoms with Crippen molar-refractivity contribution in [1.29, 1.82) is 0 Å². The second-order valence-electron chi connectivity index (χ2n) is 2.36. The maximum atomic E-state index is 5.59. The van der Waals surface area contributed by atoms with E-state index in [0.29, 0.717) is 11.5 Å². The molecule has 0 radical (unpaired) electrons. The van der Waals surface area contributed by atoms with E-state index in [9.17, 15) is 0 Å². The first-order chi connectivity index (χ1) is 5.29. The van der Waals surface area contributed by atoms with Gasteiger partial charge in [-0.25, -0.2) is 9.97 Å². The van der Waals surface area contributed by atoms with Crippen LogP contribution in [0.3, 0.4) is 0 Å². The largest absolute Gasteiger partial charge is 0.446 e. The molecule has 2 aromatic rings. The predicted molar refractivity (Wildman–Crippen MR) is 41.0 cm³/mol. The summed E-state index contributed by atoms with van der Waals surface area (Å²) in [5.41, 5.74) is 7.11. The number of furan rings is 1. The maximum Gasteiger partial charge on any atom is 0.231 e. The summed E-state index contributed by atoms with van der Waals surface area (Å²) >= 11 is 0. The Morgan fingerprint density at radius 3 is 3.00 bits per heavy atom. The molecule has 0 aliphatic carbocycles. The van der Waals surface area contributed by atoms with Gasteiger partial charge in [0.2, 0.25) is 5.71 Å². The average molecular weight is 149 g/mol. The fourth-order valence-corrected chi connectivity index (χ4v) is 1.05. The summed E-state index contributed by atoms with van der Waals surface area (Å²) in [6.07, 6.45) is 3.01. The van der Waals surface area contributed by atoms with Crippen molar-refractivity contribution < 1.29 is 4.42 Å². The first kappa shape index (κ1) is 6.15. The molecule has 0 fully saturated rings. The van der Waals surface area contributed by atoms with Crippen LogP contribution in [0.15, 0.2) is 17.0 Å². The fourth-order valence-electron chi connectivity index (χ4n) is 1.05. The predicted octanol–water partition coefficient (Wildman–Crippen LogP) is 1.11. The van der Waals surface area contributed by atoms with E-state index < -0.39 is 0 Å². The van der Waals surface area contributed by atoms with Gasteiger partial charge in [-0.1, -0.05) is 0 Å². The van der Waals surface area contributed by atoms with E-state index in [1.807, 2.05) is 6.92 Å². The van der Waals surface area contributed by atoms with Crippen molar-refractivity contribution in [2.75, 3.05) is 5.73 Å². The van der Waals surface area contributed by atoms with Gasteiger partial charge in [0.1, 0.15) is 12.1 Å². The Morgan fingerprint density at radius 1 is 1.45 bits per heavy atom. The lowest BCUT2D eigenvalue weighted by atomic mass is 10.2. The van der Waals surface area contributed by atoms with Crippen LogP contribution < -0.4 is 5.73 Å². The minimum Gasteiger partial charge on any atom is -0.446 e. The van der Waals surface area contributed by atoms with Crippen LogP contribution in [0.1, 0.15) is 5.56 Å². The number of aryl methyl sites for hydroxylation is 1. The number of nitrogens with two attached hydrogens (primary N) is 1. The molecule has 0 spiro atoms. The number of anilines is 1. The molecule has 0 bridgehead atoms. The van der Waals surface area contributed by atoms with Crippen LogP contribution in [0.5, 0.6) is 0 Å². The molecule has 0 atom stereocenters. The highest BCUT2D eigenvalue weighted by molar-refractivity contribution is 5.87. The van der Waals surface area contributed by atoms with Gasteiger partial charge in [0.15, 0.2) is 0 Å². The summed E-state index contributed by atoms with van der Waals surface area (Å²) in [6.45, 7) is 1.91. The number of hydrogen-bond donors (Lipinski definition) is 1. The van der Waals surface area contributed by atoms with Gasteiger partial charge in [-0.2, -0.15) is 0 Å². The summed E-state index contributed by atoms with van der Waals surface area (Å²) in [7, 11) is 0. The number of nitrogen functional groups attached to an aromatic ring is 1. The van der Waals surface area contributed by atoms with Gasteiger partial charge in [0.25, 0.3) is 0 Å². The van der Waals surface area contributed by atoms with Gasteiger partial charge < -0.3 is 10.2 Å². The molecule has 0 aliphatic heterocycles. The molecule has 2 aromatic heterocycles. The lowest BCUT2D eigenvalue weighted by molar-refractivity contribution is 0.600.